The van der Waals surface area contributed by atoms with Crippen LogP contribution in [0, 0.1) is 0 Å². The maximum absolute atomic E-state index is 12.7. The Morgan fingerprint density at radius 3 is 2.80 bits per heavy atom. The number of hydrogen-bond donors (Lipinski definition) is 1. The third kappa shape index (κ3) is 3.93. The average molecular weight is 425 g/mol. The number of fused-ring (bicyclic) bond motifs is 1. The largest absolute Gasteiger partial charge is 0.338 e. The molecule has 0 saturated heterocycles. The molecule has 2 aliphatic heterocycles. The molecule has 0 radical (unpaired) electrons. The lowest BCUT2D eigenvalue weighted by Crippen LogP contribution is -2.36. The summed E-state index contributed by atoms with van der Waals surface area (Å²) in [5.41, 5.74) is 3.26. The third-order valence-electron chi connectivity index (χ3n) is 5.47. The zero-order valence-corrected chi connectivity index (χ0v) is 17.2. The Morgan fingerprint density at radius 1 is 1.13 bits per heavy atom. The van der Waals surface area contributed by atoms with E-state index in [4.69, 9.17) is 21.1 Å². The molecule has 0 atom stereocenters. The summed E-state index contributed by atoms with van der Waals surface area (Å²) < 4.78 is 5.42. The van der Waals surface area contributed by atoms with Gasteiger partial charge in [-0.25, -0.2) is 4.98 Å². The quantitative estimate of drug-likeness (QED) is 0.691. The Balaban J connectivity index is 1.31. The molecular weight excluding hydrogens is 404 g/mol. The van der Waals surface area contributed by atoms with Crippen LogP contribution in [-0.4, -0.2) is 43.8 Å². The number of benzene rings is 1. The Kier molecular flexibility index (Phi) is 5.18. The third-order valence-corrected chi connectivity index (χ3v) is 5.73. The van der Waals surface area contributed by atoms with Crippen molar-refractivity contribution in [2.45, 2.75) is 38.8 Å². The summed E-state index contributed by atoms with van der Waals surface area (Å²) in [6.07, 6.45) is 3.78. The van der Waals surface area contributed by atoms with E-state index in [1.165, 1.54) is 0 Å². The molecule has 9 heteroatoms. The van der Waals surface area contributed by atoms with Gasteiger partial charge in [-0.1, -0.05) is 16.8 Å². The van der Waals surface area contributed by atoms with Crippen LogP contribution in [0.4, 0.5) is 0 Å². The molecule has 154 valence electrons. The van der Waals surface area contributed by atoms with Crippen LogP contribution in [0.1, 0.15) is 42.2 Å². The SMILES string of the molecule is O=c1[nH]c(C2=NCCCC2)nc2c1CN(Cc1nc(-c3ccc(Cl)cc3)no1)CC2. The molecule has 0 spiro atoms. The number of rotatable bonds is 4. The summed E-state index contributed by atoms with van der Waals surface area (Å²) >= 11 is 5.93. The lowest BCUT2D eigenvalue weighted by Gasteiger charge is -2.26. The molecule has 0 bridgehead atoms. The highest BCUT2D eigenvalue weighted by molar-refractivity contribution is 6.30. The number of aliphatic imine (C=N–C) groups is 1. The predicted molar refractivity (Wildman–Crippen MR) is 113 cm³/mol. The van der Waals surface area contributed by atoms with Gasteiger partial charge in [-0.05, 0) is 43.5 Å². The van der Waals surface area contributed by atoms with E-state index < -0.39 is 0 Å². The number of nitrogens with zero attached hydrogens (tertiary/aromatic N) is 5. The number of halogens is 1. The molecule has 5 rings (SSSR count). The second-order valence-electron chi connectivity index (χ2n) is 7.60. The van der Waals surface area contributed by atoms with Crippen molar-refractivity contribution in [3.63, 3.8) is 0 Å². The minimum Gasteiger partial charge on any atom is -0.338 e. The van der Waals surface area contributed by atoms with Gasteiger partial charge in [-0.2, -0.15) is 4.98 Å². The molecule has 0 fully saturated rings. The van der Waals surface area contributed by atoms with Crippen LogP contribution in [0.3, 0.4) is 0 Å². The Hall–Kier alpha value is -2.84. The maximum atomic E-state index is 12.7. The molecule has 2 aliphatic rings. The van der Waals surface area contributed by atoms with E-state index >= 15 is 0 Å². The minimum absolute atomic E-state index is 0.0830. The molecule has 30 heavy (non-hydrogen) atoms. The maximum Gasteiger partial charge on any atom is 0.255 e. The molecule has 0 saturated carbocycles. The number of nitrogens with one attached hydrogen (secondary N) is 1. The first-order valence-corrected chi connectivity index (χ1v) is 10.5. The van der Waals surface area contributed by atoms with E-state index in [0.717, 1.165) is 49.3 Å². The van der Waals surface area contributed by atoms with E-state index in [0.29, 0.717) is 47.6 Å². The van der Waals surface area contributed by atoms with Gasteiger partial charge < -0.3 is 9.51 Å². The van der Waals surface area contributed by atoms with Gasteiger partial charge in [0.05, 0.1) is 23.5 Å². The van der Waals surface area contributed by atoms with Crippen molar-refractivity contribution in [3.8, 4) is 11.4 Å². The smallest absolute Gasteiger partial charge is 0.255 e. The fraction of sp³-hybridized carbons (Fsp3) is 0.381. The normalized spacial score (nSPS) is 16.9. The molecule has 0 unspecified atom stereocenters. The second-order valence-corrected chi connectivity index (χ2v) is 8.04. The van der Waals surface area contributed by atoms with E-state index in [1.54, 1.807) is 12.1 Å². The van der Waals surface area contributed by atoms with E-state index in [1.807, 2.05) is 12.1 Å². The van der Waals surface area contributed by atoms with Crippen molar-refractivity contribution >= 4 is 17.3 Å². The van der Waals surface area contributed by atoms with Gasteiger partial charge in [0, 0.05) is 36.6 Å². The first kappa shape index (κ1) is 19.1. The van der Waals surface area contributed by atoms with Gasteiger partial charge in [-0.3, -0.25) is 14.7 Å². The Bertz CT molecular complexity index is 1150. The highest BCUT2D eigenvalue weighted by Gasteiger charge is 2.24. The van der Waals surface area contributed by atoms with Crippen molar-refractivity contribution < 1.29 is 4.52 Å². The highest BCUT2D eigenvalue weighted by atomic mass is 35.5. The summed E-state index contributed by atoms with van der Waals surface area (Å²) in [5, 5.41) is 4.72. The van der Waals surface area contributed by atoms with Gasteiger partial charge in [0.1, 0.15) is 0 Å². The molecule has 0 aliphatic carbocycles. The van der Waals surface area contributed by atoms with Crippen LogP contribution in [0.15, 0.2) is 38.6 Å². The van der Waals surface area contributed by atoms with Gasteiger partial charge in [0.25, 0.3) is 5.56 Å². The molecule has 3 aromatic rings. The molecular formula is C21H21ClN6O2. The highest BCUT2D eigenvalue weighted by Crippen LogP contribution is 2.21. The van der Waals surface area contributed by atoms with Crippen molar-refractivity contribution in [1.29, 1.82) is 0 Å². The molecule has 2 aromatic heterocycles. The average Bonchev–Trinajstić information content (AvgIpc) is 3.23. The first-order chi connectivity index (χ1) is 14.7. The Labute approximate surface area is 178 Å². The van der Waals surface area contributed by atoms with Gasteiger partial charge >= 0.3 is 0 Å². The topological polar surface area (TPSA) is 100 Å². The van der Waals surface area contributed by atoms with Crippen LogP contribution < -0.4 is 5.56 Å². The van der Waals surface area contributed by atoms with Gasteiger partial charge in [-0.15, -0.1) is 0 Å². The molecule has 8 nitrogen and oxygen atoms in total. The fourth-order valence-electron chi connectivity index (χ4n) is 3.87. The zero-order chi connectivity index (χ0) is 20.5. The van der Waals surface area contributed by atoms with E-state index in [9.17, 15) is 4.79 Å². The van der Waals surface area contributed by atoms with Crippen molar-refractivity contribution in [1.82, 2.24) is 25.0 Å². The first-order valence-electron chi connectivity index (χ1n) is 10.1. The summed E-state index contributed by atoms with van der Waals surface area (Å²) in [4.78, 5) is 31.5. The lowest BCUT2D eigenvalue weighted by atomic mass is 10.1. The van der Waals surface area contributed by atoms with Crippen molar-refractivity contribution in [2.24, 2.45) is 4.99 Å². The van der Waals surface area contributed by atoms with Gasteiger partial charge in [0.2, 0.25) is 11.7 Å². The lowest BCUT2D eigenvalue weighted by molar-refractivity contribution is 0.208. The van der Waals surface area contributed by atoms with Crippen molar-refractivity contribution in [3.05, 3.63) is 62.6 Å². The number of aromatic amines is 1. The molecule has 4 heterocycles. The molecule has 1 N–H and O–H groups in total. The van der Waals surface area contributed by atoms with E-state index in [2.05, 4.69) is 25.0 Å². The van der Waals surface area contributed by atoms with Crippen LogP contribution in [0.25, 0.3) is 11.4 Å². The number of aromatic nitrogens is 4. The number of hydrogen-bond acceptors (Lipinski definition) is 7. The van der Waals surface area contributed by atoms with Crippen LogP contribution in [0.5, 0.6) is 0 Å². The van der Waals surface area contributed by atoms with E-state index in [-0.39, 0.29) is 5.56 Å². The van der Waals surface area contributed by atoms with Crippen LogP contribution in [-0.2, 0) is 19.5 Å². The summed E-state index contributed by atoms with van der Waals surface area (Å²) in [5.74, 6) is 1.67. The summed E-state index contributed by atoms with van der Waals surface area (Å²) in [6, 6.07) is 7.29. The summed E-state index contributed by atoms with van der Waals surface area (Å²) in [6.45, 7) is 2.57. The predicted octanol–water partition coefficient (Wildman–Crippen LogP) is 3.00. The van der Waals surface area contributed by atoms with Crippen LogP contribution in [0.2, 0.25) is 5.02 Å². The van der Waals surface area contributed by atoms with Gasteiger partial charge in [0.15, 0.2) is 5.82 Å². The zero-order valence-electron chi connectivity index (χ0n) is 16.4. The summed E-state index contributed by atoms with van der Waals surface area (Å²) in [7, 11) is 0. The standard InChI is InChI=1S/C21H21ClN6O2/c22-14-6-4-13(5-7-14)19-25-18(30-27-19)12-28-10-8-16-15(11-28)21(29)26-20(24-16)17-3-1-2-9-23-17/h4-7H,1-3,8-12H2,(H,24,26,29). The Morgan fingerprint density at radius 2 is 2.00 bits per heavy atom. The molecule has 0 amide bonds. The van der Waals surface area contributed by atoms with Crippen molar-refractivity contribution in [2.75, 3.05) is 13.1 Å². The number of H-pyrrole nitrogens is 1. The minimum atomic E-state index is -0.0830. The molecule has 1 aromatic carbocycles. The van der Waals surface area contributed by atoms with Crippen LogP contribution >= 0.6 is 11.6 Å². The second kappa shape index (κ2) is 8.12. The fourth-order valence-corrected chi connectivity index (χ4v) is 4.00. The monoisotopic (exact) mass is 424 g/mol.